The van der Waals surface area contributed by atoms with Gasteiger partial charge in [-0.2, -0.15) is 13.2 Å². The zero-order valence-corrected chi connectivity index (χ0v) is 17.2. The molecule has 1 atom stereocenters. The van der Waals surface area contributed by atoms with Crippen LogP contribution in [0.4, 0.5) is 17.6 Å². The van der Waals surface area contributed by atoms with Crippen LogP contribution in [0.25, 0.3) is 10.9 Å². The Labute approximate surface area is 175 Å². The molecule has 1 aromatic heterocycles. The molecule has 152 valence electrons. The lowest BCUT2D eigenvalue weighted by atomic mass is 10.0. The summed E-state index contributed by atoms with van der Waals surface area (Å²) in [6.45, 7) is 0.563. The fourth-order valence-corrected chi connectivity index (χ4v) is 5.75. The lowest BCUT2D eigenvalue weighted by Gasteiger charge is -2.11. The summed E-state index contributed by atoms with van der Waals surface area (Å²) >= 11 is 4.66. The number of hydrogen-bond acceptors (Lipinski definition) is 2. The molecule has 1 aliphatic heterocycles. The van der Waals surface area contributed by atoms with Crippen molar-refractivity contribution in [3.8, 4) is 0 Å². The highest BCUT2D eigenvalue weighted by atomic mass is 79.9. The van der Waals surface area contributed by atoms with Gasteiger partial charge < -0.3 is 9.67 Å². The number of rotatable bonds is 4. The molecular formula is C20H14BrF4NO2S. The van der Waals surface area contributed by atoms with Crippen molar-refractivity contribution in [3.63, 3.8) is 0 Å². The molecule has 0 unspecified atom stereocenters. The van der Waals surface area contributed by atoms with Gasteiger partial charge in [0.05, 0.1) is 17.5 Å². The van der Waals surface area contributed by atoms with Crippen LogP contribution >= 0.6 is 27.7 Å². The van der Waals surface area contributed by atoms with Gasteiger partial charge in [-0.3, -0.25) is 4.79 Å². The number of carboxylic acid groups (broad SMARTS) is 1. The first kappa shape index (κ1) is 20.3. The number of aliphatic carboxylic acids is 1. The second kappa shape index (κ2) is 7.36. The molecule has 4 rings (SSSR count). The Balaban J connectivity index is 1.84. The molecule has 0 spiro atoms. The van der Waals surface area contributed by atoms with E-state index in [2.05, 4.69) is 15.9 Å². The first-order valence-electron chi connectivity index (χ1n) is 8.73. The van der Waals surface area contributed by atoms with Crippen LogP contribution in [-0.4, -0.2) is 15.6 Å². The molecule has 0 bridgehead atoms. The highest BCUT2D eigenvalue weighted by Crippen LogP contribution is 2.49. The molecule has 9 heteroatoms. The molecule has 3 aromatic rings. The van der Waals surface area contributed by atoms with Crippen LogP contribution < -0.4 is 0 Å². The third-order valence-corrected chi connectivity index (χ3v) is 6.74. The summed E-state index contributed by atoms with van der Waals surface area (Å²) in [6.07, 6.45) is -3.86. The molecule has 1 N–H and O–H groups in total. The Kier molecular flexibility index (Phi) is 5.14. The van der Waals surface area contributed by atoms with Crippen molar-refractivity contribution >= 4 is 44.6 Å². The number of nitrogens with zero attached hydrogens (tertiary/aromatic N) is 1. The molecule has 2 aromatic carbocycles. The Morgan fingerprint density at radius 2 is 1.93 bits per heavy atom. The summed E-state index contributed by atoms with van der Waals surface area (Å²) in [5.74, 6) is -1.59. The summed E-state index contributed by atoms with van der Waals surface area (Å²) in [5, 5.41) is 10.0. The third-order valence-electron chi connectivity index (χ3n) is 4.99. The molecular weight excluding hydrogens is 474 g/mol. The van der Waals surface area contributed by atoms with E-state index in [-0.39, 0.29) is 12.3 Å². The van der Waals surface area contributed by atoms with Gasteiger partial charge in [0.1, 0.15) is 5.82 Å². The average molecular weight is 488 g/mol. The minimum atomic E-state index is -4.42. The molecule has 0 amide bonds. The van der Waals surface area contributed by atoms with Crippen LogP contribution in [0.3, 0.4) is 0 Å². The Bertz CT molecular complexity index is 1110. The zero-order chi connectivity index (χ0) is 20.9. The highest BCUT2D eigenvalue weighted by Gasteiger charge is 2.33. The molecule has 0 saturated heterocycles. The normalized spacial score (nSPS) is 16.4. The van der Waals surface area contributed by atoms with Gasteiger partial charge in [-0.25, -0.2) is 4.39 Å². The monoisotopic (exact) mass is 487 g/mol. The fraction of sp³-hybridized carbons (Fsp3) is 0.250. The van der Waals surface area contributed by atoms with Crippen molar-refractivity contribution in [2.24, 2.45) is 0 Å². The standard InChI is InChI=1S/C20H14BrF4NO2S/c21-14-8-12(22)9-15-17(14)19(18-10(7-16(27)28)5-6-26(15)18)29-13-3-1-11(2-4-13)20(23,24)25/h1-4,8-10H,5-7H2,(H,27,28)/t10-/m1/s1. The molecule has 1 aliphatic rings. The summed E-state index contributed by atoms with van der Waals surface area (Å²) in [7, 11) is 0. The second-order valence-electron chi connectivity index (χ2n) is 6.86. The van der Waals surface area contributed by atoms with Crippen molar-refractivity contribution in [3.05, 3.63) is 57.9 Å². The SMILES string of the molecule is O=C(O)C[C@H]1CCn2c1c(Sc1ccc(C(F)(F)F)cc1)c1c(Br)cc(F)cc12. The number of carboxylic acids is 1. The summed E-state index contributed by atoms with van der Waals surface area (Å²) in [5.41, 5.74) is 0.702. The number of aryl methyl sites for hydroxylation is 1. The number of hydrogen-bond donors (Lipinski definition) is 1. The van der Waals surface area contributed by atoms with Gasteiger partial charge in [0.15, 0.2) is 0 Å². The number of aromatic nitrogens is 1. The molecule has 0 fully saturated rings. The topological polar surface area (TPSA) is 42.2 Å². The van der Waals surface area contributed by atoms with Gasteiger partial charge in [0.2, 0.25) is 0 Å². The first-order chi connectivity index (χ1) is 13.6. The maximum absolute atomic E-state index is 14.0. The first-order valence-corrected chi connectivity index (χ1v) is 10.3. The minimum Gasteiger partial charge on any atom is -0.481 e. The van der Waals surface area contributed by atoms with E-state index in [9.17, 15) is 27.5 Å². The van der Waals surface area contributed by atoms with E-state index in [0.29, 0.717) is 27.9 Å². The van der Waals surface area contributed by atoms with Gasteiger partial charge in [-0.05, 0) is 58.7 Å². The van der Waals surface area contributed by atoms with Gasteiger partial charge in [-0.15, -0.1) is 0 Å². The number of halogens is 5. The average Bonchev–Trinajstić information content (AvgIpc) is 3.14. The molecule has 0 radical (unpaired) electrons. The van der Waals surface area contributed by atoms with Gasteiger partial charge in [0.25, 0.3) is 0 Å². The van der Waals surface area contributed by atoms with Crippen LogP contribution in [0.2, 0.25) is 0 Å². The lowest BCUT2D eigenvalue weighted by Crippen LogP contribution is -2.04. The Morgan fingerprint density at radius 1 is 1.24 bits per heavy atom. The van der Waals surface area contributed by atoms with Crippen LogP contribution in [0, 0.1) is 5.82 Å². The Hall–Kier alpha value is -2.00. The Morgan fingerprint density at radius 3 is 2.55 bits per heavy atom. The van der Waals surface area contributed by atoms with Crippen LogP contribution in [0.15, 0.2) is 50.7 Å². The highest BCUT2D eigenvalue weighted by molar-refractivity contribution is 9.10. The van der Waals surface area contributed by atoms with Crippen molar-refractivity contribution in [1.82, 2.24) is 4.57 Å². The predicted octanol–water partition coefficient (Wildman–Crippen LogP) is 6.67. The number of fused-ring (bicyclic) bond motifs is 3. The smallest absolute Gasteiger partial charge is 0.416 e. The van der Waals surface area contributed by atoms with E-state index < -0.39 is 23.5 Å². The van der Waals surface area contributed by atoms with Crippen LogP contribution in [-0.2, 0) is 17.5 Å². The van der Waals surface area contributed by atoms with Crippen molar-refractivity contribution in [2.75, 3.05) is 0 Å². The van der Waals surface area contributed by atoms with Gasteiger partial charge in [-0.1, -0.05) is 11.8 Å². The predicted molar refractivity (Wildman–Crippen MR) is 105 cm³/mol. The number of alkyl halides is 3. The summed E-state index contributed by atoms with van der Waals surface area (Å²) in [4.78, 5) is 12.6. The zero-order valence-electron chi connectivity index (χ0n) is 14.8. The van der Waals surface area contributed by atoms with Gasteiger partial charge in [0, 0.05) is 37.8 Å². The van der Waals surface area contributed by atoms with E-state index in [0.717, 1.165) is 28.1 Å². The van der Waals surface area contributed by atoms with Crippen molar-refractivity contribution in [2.45, 2.75) is 41.3 Å². The fourth-order valence-electron chi connectivity index (χ4n) is 3.79. The number of carbonyl (C=O) groups is 1. The lowest BCUT2D eigenvalue weighted by molar-refractivity contribution is -0.138. The quantitative estimate of drug-likeness (QED) is 0.417. The van der Waals surface area contributed by atoms with E-state index in [4.69, 9.17) is 0 Å². The summed E-state index contributed by atoms with van der Waals surface area (Å²) < 4.78 is 55.0. The van der Waals surface area contributed by atoms with E-state index in [1.165, 1.54) is 36.0 Å². The largest absolute Gasteiger partial charge is 0.481 e. The van der Waals surface area contributed by atoms with Crippen molar-refractivity contribution < 1.29 is 27.5 Å². The second-order valence-corrected chi connectivity index (χ2v) is 8.79. The number of benzene rings is 2. The van der Waals surface area contributed by atoms with Crippen LogP contribution in [0.5, 0.6) is 0 Å². The summed E-state index contributed by atoms with van der Waals surface area (Å²) in [6, 6.07) is 7.56. The molecule has 29 heavy (non-hydrogen) atoms. The van der Waals surface area contributed by atoms with E-state index in [1.54, 1.807) is 0 Å². The van der Waals surface area contributed by atoms with Crippen LogP contribution in [0.1, 0.15) is 30.0 Å². The van der Waals surface area contributed by atoms with Gasteiger partial charge >= 0.3 is 12.1 Å². The van der Waals surface area contributed by atoms with E-state index in [1.807, 2.05) is 4.57 Å². The van der Waals surface area contributed by atoms with Crippen molar-refractivity contribution in [1.29, 1.82) is 0 Å². The molecule has 0 aliphatic carbocycles. The molecule has 2 heterocycles. The third kappa shape index (κ3) is 3.77. The van der Waals surface area contributed by atoms with E-state index >= 15 is 0 Å². The molecule has 0 saturated carbocycles. The maximum Gasteiger partial charge on any atom is 0.416 e. The minimum absolute atomic E-state index is 0.0585. The maximum atomic E-state index is 14.0. The molecule has 3 nitrogen and oxygen atoms in total.